The smallest absolute Gasteiger partial charge is 0.339 e. The quantitative estimate of drug-likeness (QED) is 0.934. The summed E-state index contributed by atoms with van der Waals surface area (Å²) < 4.78 is 7.29. The summed E-state index contributed by atoms with van der Waals surface area (Å²) in [6, 6.07) is 1.97. The number of hydrogen-bond donors (Lipinski definition) is 1. The fourth-order valence-electron chi connectivity index (χ4n) is 3.31. The monoisotopic (exact) mass is 331 g/mol. The van der Waals surface area contributed by atoms with Gasteiger partial charge in [-0.2, -0.15) is 5.10 Å². The number of nitrogens with zero attached hydrogens (tertiary/aromatic N) is 3. The zero-order valence-corrected chi connectivity index (χ0v) is 14.1. The van der Waals surface area contributed by atoms with Gasteiger partial charge in [0.1, 0.15) is 11.3 Å². The number of carboxylic acid groups (broad SMARTS) is 1. The molecule has 128 valence electrons. The molecule has 0 saturated carbocycles. The molecule has 0 spiro atoms. The van der Waals surface area contributed by atoms with Crippen LogP contribution >= 0.6 is 0 Å². The molecular weight excluding hydrogens is 310 g/mol. The number of hydrogen-bond acceptors (Lipinski definition) is 4. The van der Waals surface area contributed by atoms with Crippen LogP contribution in [0.15, 0.2) is 16.7 Å². The molecule has 0 bridgehead atoms. The number of carbonyl (C=O) groups excluding carboxylic acids is 1. The van der Waals surface area contributed by atoms with E-state index in [-0.39, 0.29) is 17.5 Å². The summed E-state index contributed by atoms with van der Waals surface area (Å²) in [4.78, 5) is 25.5. The lowest BCUT2D eigenvalue weighted by Gasteiger charge is -2.32. The van der Waals surface area contributed by atoms with Gasteiger partial charge in [0.25, 0.3) is 5.91 Å². The number of carboxylic acids is 1. The van der Waals surface area contributed by atoms with E-state index in [0.29, 0.717) is 24.5 Å². The fourth-order valence-corrected chi connectivity index (χ4v) is 3.31. The van der Waals surface area contributed by atoms with Crippen molar-refractivity contribution in [2.45, 2.75) is 39.7 Å². The van der Waals surface area contributed by atoms with Crippen LogP contribution in [0.3, 0.4) is 0 Å². The van der Waals surface area contributed by atoms with Crippen molar-refractivity contribution >= 4 is 11.9 Å². The topological polar surface area (TPSA) is 88.6 Å². The van der Waals surface area contributed by atoms with Gasteiger partial charge in [0, 0.05) is 18.7 Å². The lowest BCUT2D eigenvalue weighted by atomic mass is 10.0. The summed E-state index contributed by atoms with van der Waals surface area (Å²) in [5.41, 5.74) is 1.74. The van der Waals surface area contributed by atoms with Gasteiger partial charge in [0.05, 0.1) is 17.9 Å². The van der Waals surface area contributed by atoms with E-state index >= 15 is 0 Å². The molecule has 0 aromatic carbocycles. The molecule has 0 radical (unpaired) electrons. The Morgan fingerprint density at radius 2 is 1.92 bits per heavy atom. The van der Waals surface area contributed by atoms with Gasteiger partial charge in [-0.1, -0.05) is 0 Å². The SMILES string of the molecule is Cc1cc(C)c(C(=O)N2CCC(n3ncc(C(=O)O)c3C)CC2)o1. The fraction of sp³-hybridized carbons (Fsp3) is 0.471. The van der Waals surface area contributed by atoms with Gasteiger partial charge >= 0.3 is 5.97 Å². The summed E-state index contributed by atoms with van der Waals surface area (Å²) in [6.45, 7) is 6.67. The summed E-state index contributed by atoms with van der Waals surface area (Å²) in [5.74, 6) is 0.103. The molecule has 3 heterocycles. The van der Waals surface area contributed by atoms with Crippen LogP contribution in [0.1, 0.15) is 56.8 Å². The number of piperidine rings is 1. The largest absolute Gasteiger partial charge is 0.478 e. The van der Waals surface area contributed by atoms with E-state index in [4.69, 9.17) is 9.52 Å². The molecule has 3 rings (SSSR count). The van der Waals surface area contributed by atoms with Crippen LogP contribution in [-0.4, -0.2) is 44.8 Å². The van der Waals surface area contributed by atoms with Crippen molar-refractivity contribution < 1.29 is 19.1 Å². The number of aryl methyl sites for hydroxylation is 2. The minimum Gasteiger partial charge on any atom is -0.478 e. The van der Waals surface area contributed by atoms with Crippen LogP contribution in [0.2, 0.25) is 0 Å². The van der Waals surface area contributed by atoms with Gasteiger partial charge in [0.2, 0.25) is 0 Å². The minimum atomic E-state index is -0.963. The second kappa shape index (κ2) is 6.14. The van der Waals surface area contributed by atoms with Gasteiger partial charge in [0.15, 0.2) is 5.76 Å². The van der Waals surface area contributed by atoms with Crippen LogP contribution in [0.5, 0.6) is 0 Å². The zero-order valence-electron chi connectivity index (χ0n) is 14.1. The lowest BCUT2D eigenvalue weighted by Crippen LogP contribution is -2.39. The highest BCUT2D eigenvalue weighted by atomic mass is 16.4. The molecule has 0 aliphatic carbocycles. The van der Waals surface area contributed by atoms with Crippen molar-refractivity contribution in [2.24, 2.45) is 0 Å². The standard InChI is InChI=1S/C17H21N3O4/c1-10-8-11(2)24-15(10)16(21)19-6-4-13(5-7-19)20-12(3)14(9-18-20)17(22)23/h8-9,13H,4-7H2,1-3H3,(H,22,23). The van der Waals surface area contributed by atoms with E-state index in [1.807, 2.05) is 19.9 Å². The van der Waals surface area contributed by atoms with Crippen LogP contribution in [0, 0.1) is 20.8 Å². The maximum atomic E-state index is 12.6. The first kappa shape index (κ1) is 16.3. The van der Waals surface area contributed by atoms with Gasteiger partial charge in [-0.25, -0.2) is 4.79 Å². The Bertz CT molecular complexity index is 782. The highest BCUT2D eigenvalue weighted by Gasteiger charge is 2.29. The molecule has 1 aliphatic heterocycles. The second-order valence-electron chi connectivity index (χ2n) is 6.29. The Labute approximate surface area is 139 Å². The Balaban J connectivity index is 1.69. The highest BCUT2D eigenvalue weighted by Crippen LogP contribution is 2.26. The number of aromatic carboxylic acids is 1. The normalized spacial score (nSPS) is 15.7. The van der Waals surface area contributed by atoms with Crippen LogP contribution in [-0.2, 0) is 0 Å². The van der Waals surface area contributed by atoms with Crippen molar-refractivity contribution in [3.63, 3.8) is 0 Å². The molecule has 1 aliphatic rings. The van der Waals surface area contributed by atoms with E-state index in [0.717, 1.165) is 24.2 Å². The Morgan fingerprint density at radius 3 is 2.42 bits per heavy atom. The molecule has 24 heavy (non-hydrogen) atoms. The first-order chi connectivity index (χ1) is 11.4. The van der Waals surface area contributed by atoms with E-state index in [1.165, 1.54) is 6.20 Å². The Kier molecular flexibility index (Phi) is 4.17. The summed E-state index contributed by atoms with van der Waals surface area (Å²) in [5, 5.41) is 13.3. The zero-order chi connectivity index (χ0) is 17.4. The molecule has 0 atom stereocenters. The summed E-state index contributed by atoms with van der Waals surface area (Å²) in [7, 11) is 0. The Hall–Kier alpha value is -2.57. The molecule has 1 amide bonds. The minimum absolute atomic E-state index is 0.0811. The van der Waals surface area contributed by atoms with Crippen molar-refractivity contribution in [1.82, 2.24) is 14.7 Å². The van der Waals surface area contributed by atoms with Crippen molar-refractivity contribution in [1.29, 1.82) is 0 Å². The molecule has 1 saturated heterocycles. The predicted molar refractivity (Wildman–Crippen MR) is 86.3 cm³/mol. The van der Waals surface area contributed by atoms with Crippen LogP contribution in [0.4, 0.5) is 0 Å². The molecule has 2 aromatic rings. The number of likely N-dealkylation sites (tertiary alicyclic amines) is 1. The van der Waals surface area contributed by atoms with Gasteiger partial charge in [-0.05, 0) is 39.7 Å². The van der Waals surface area contributed by atoms with Gasteiger partial charge in [-0.15, -0.1) is 0 Å². The average Bonchev–Trinajstić information content (AvgIpc) is 3.09. The molecule has 2 aromatic heterocycles. The molecule has 0 unspecified atom stereocenters. The predicted octanol–water partition coefficient (Wildman–Crippen LogP) is 2.58. The number of aromatic nitrogens is 2. The Morgan fingerprint density at radius 1 is 1.25 bits per heavy atom. The maximum Gasteiger partial charge on any atom is 0.339 e. The molecular formula is C17H21N3O4. The number of carbonyl (C=O) groups is 2. The van der Waals surface area contributed by atoms with Crippen molar-refractivity contribution in [3.8, 4) is 0 Å². The van der Waals surface area contributed by atoms with Crippen LogP contribution < -0.4 is 0 Å². The van der Waals surface area contributed by atoms with Crippen molar-refractivity contribution in [2.75, 3.05) is 13.1 Å². The number of furan rings is 1. The van der Waals surface area contributed by atoms with E-state index in [2.05, 4.69) is 5.10 Å². The maximum absolute atomic E-state index is 12.6. The average molecular weight is 331 g/mol. The van der Waals surface area contributed by atoms with Crippen molar-refractivity contribution in [3.05, 3.63) is 40.6 Å². The first-order valence-corrected chi connectivity index (χ1v) is 8.02. The molecule has 1 fully saturated rings. The second-order valence-corrected chi connectivity index (χ2v) is 6.29. The van der Waals surface area contributed by atoms with E-state index in [9.17, 15) is 9.59 Å². The third-order valence-electron chi connectivity index (χ3n) is 4.61. The molecule has 1 N–H and O–H groups in total. The summed E-state index contributed by atoms with van der Waals surface area (Å²) >= 11 is 0. The van der Waals surface area contributed by atoms with Gasteiger partial charge < -0.3 is 14.4 Å². The van der Waals surface area contributed by atoms with E-state index < -0.39 is 5.97 Å². The molecule has 7 nitrogen and oxygen atoms in total. The number of rotatable bonds is 3. The van der Waals surface area contributed by atoms with Gasteiger partial charge in [-0.3, -0.25) is 9.48 Å². The summed E-state index contributed by atoms with van der Waals surface area (Å²) in [6.07, 6.45) is 2.88. The third kappa shape index (κ3) is 2.81. The molecule has 7 heteroatoms. The highest BCUT2D eigenvalue weighted by molar-refractivity contribution is 5.93. The first-order valence-electron chi connectivity index (χ1n) is 8.02. The van der Waals surface area contributed by atoms with E-state index in [1.54, 1.807) is 16.5 Å². The lowest BCUT2D eigenvalue weighted by molar-refractivity contribution is 0.0654. The third-order valence-corrected chi connectivity index (χ3v) is 4.61. The number of amides is 1. The van der Waals surface area contributed by atoms with Crippen LogP contribution in [0.25, 0.3) is 0 Å².